The van der Waals surface area contributed by atoms with E-state index in [1.165, 1.54) is 17.7 Å². The van der Waals surface area contributed by atoms with Gasteiger partial charge in [0.2, 0.25) is 0 Å². The van der Waals surface area contributed by atoms with Crippen LogP contribution in [0, 0.1) is 12.7 Å². The molecule has 1 atom stereocenters. The molecule has 0 fully saturated rings. The zero-order chi connectivity index (χ0) is 18.1. The van der Waals surface area contributed by atoms with Crippen LogP contribution in [0.15, 0.2) is 48.5 Å². The zero-order valence-corrected chi connectivity index (χ0v) is 14.8. The number of nitrogens with one attached hydrogen (secondary N) is 1. The Morgan fingerprint density at radius 3 is 2.85 bits per heavy atom. The Labute approximate surface area is 151 Å². The van der Waals surface area contributed by atoms with Crippen LogP contribution in [0.2, 0.25) is 0 Å². The number of aryl methyl sites for hydroxylation is 1. The summed E-state index contributed by atoms with van der Waals surface area (Å²) in [7, 11) is 0. The van der Waals surface area contributed by atoms with Crippen molar-refractivity contribution in [2.45, 2.75) is 32.9 Å². The summed E-state index contributed by atoms with van der Waals surface area (Å²) in [5.74, 6) is 0.996. The van der Waals surface area contributed by atoms with E-state index in [0.29, 0.717) is 24.0 Å². The molecular formula is C20H20FN5. The van der Waals surface area contributed by atoms with E-state index >= 15 is 0 Å². The summed E-state index contributed by atoms with van der Waals surface area (Å²) in [6.45, 7) is 4.49. The van der Waals surface area contributed by atoms with Crippen LogP contribution in [0.25, 0.3) is 0 Å². The molecule has 2 aromatic carbocycles. The van der Waals surface area contributed by atoms with Crippen LogP contribution in [-0.4, -0.2) is 21.2 Å². The molecule has 3 aromatic rings. The Kier molecular flexibility index (Phi) is 4.24. The van der Waals surface area contributed by atoms with E-state index in [-0.39, 0.29) is 11.9 Å². The van der Waals surface area contributed by atoms with Gasteiger partial charge in [0, 0.05) is 18.3 Å². The van der Waals surface area contributed by atoms with Gasteiger partial charge in [0.25, 0.3) is 5.95 Å². The van der Waals surface area contributed by atoms with E-state index in [9.17, 15) is 4.39 Å². The van der Waals surface area contributed by atoms with Crippen LogP contribution in [0.5, 0.6) is 0 Å². The number of fused-ring (bicyclic) bond motifs is 1. The highest BCUT2D eigenvalue weighted by molar-refractivity contribution is 5.67. The van der Waals surface area contributed by atoms with Gasteiger partial charge in [-0.1, -0.05) is 30.3 Å². The number of para-hydroxylation sites is 1. The Hall–Kier alpha value is -3.02. The summed E-state index contributed by atoms with van der Waals surface area (Å²) in [5, 5.41) is 11.8. The number of nitrogens with zero attached hydrogens (tertiary/aromatic N) is 4. The van der Waals surface area contributed by atoms with Crippen molar-refractivity contribution in [3.8, 4) is 0 Å². The lowest BCUT2D eigenvalue weighted by Gasteiger charge is -2.22. The number of hydrogen-bond donors (Lipinski definition) is 1. The average Bonchev–Trinajstić information content (AvgIpc) is 2.97. The molecule has 1 N–H and O–H groups in total. The first kappa shape index (κ1) is 16.4. The zero-order valence-electron chi connectivity index (χ0n) is 14.8. The van der Waals surface area contributed by atoms with Crippen molar-refractivity contribution >= 4 is 17.5 Å². The first-order valence-corrected chi connectivity index (χ1v) is 8.68. The summed E-state index contributed by atoms with van der Waals surface area (Å²) in [6.07, 6.45) is 0.958. The molecule has 1 aliphatic rings. The number of rotatable bonds is 4. The molecule has 0 amide bonds. The minimum Gasteiger partial charge on any atom is -0.364 e. The number of hydrogen-bond acceptors (Lipinski definition) is 5. The third-order valence-corrected chi connectivity index (χ3v) is 4.62. The fourth-order valence-corrected chi connectivity index (χ4v) is 3.34. The van der Waals surface area contributed by atoms with E-state index in [4.69, 9.17) is 0 Å². The Morgan fingerprint density at radius 2 is 2.00 bits per heavy atom. The van der Waals surface area contributed by atoms with E-state index < -0.39 is 0 Å². The Bertz CT molecular complexity index is 943. The van der Waals surface area contributed by atoms with Gasteiger partial charge in [-0.15, -0.1) is 10.2 Å². The van der Waals surface area contributed by atoms with Gasteiger partial charge < -0.3 is 10.2 Å². The van der Waals surface area contributed by atoms with Crippen LogP contribution in [-0.2, 0) is 13.0 Å². The van der Waals surface area contributed by atoms with E-state index in [1.807, 2.05) is 19.1 Å². The Morgan fingerprint density at radius 1 is 1.15 bits per heavy atom. The second-order valence-electron chi connectivity index (χ2n) is 6.58. The molecule has 26 heavy (non-hydrogen) atoms. The molecule has 5 nitrogen and oxygen atoms in total. The van der Waals surface area contributed by atoms with Crippen molar-refractivity contribution in [2.75, 3.05) is 10.2 Å². The second-order valence-corrected chi connectivity index (χ2v) is 6.58. The lowest BCUT2D eigenvalue weighted by molar-refractivity contribution is 0.626. The minimum atomic E-state index is -0.245. The van der Waals surface area contributed by atoms with Gasteiger partial charge in [-0.05, 0) is 49.6 Å². The third-order valence-electron chi connectivity index (χ3n) is 4.62. The van der Waals surface area contributed by atoms with Crippen LogP contribution in [0.3, 0.4) is 0 Å². The van der Waals surface area contributed by atoms with E-state index in [1.54, 1.807) is 6.07 Å². The molecule has 0 bridgehead atoms. The topological polar surface area (TPSA) is 53.9 Å². The molecule has 0 spiro atoms. The van der Waals surface area contributed by atoms with Crippen LogP contribution in [0.4, 0.5) is 21.8 Å². The van der Waals surface area contributed by atoms with Gasteiger partial charge >= 0.3 is 0 Å². The largest absolute Gasteiger partial charge is 0.364 e. The number of anilines is 3. The smallest absolute Gasteiger partial charge is 0.252 e. The second kappa shape index (κ2) is 6.71. The summed E-state index contributed by atoms with van der Waals surface area (Å²) >= 11 is 0. The van der Waals surface area contributed by atoms with Gasteiger partial charge in [0.1, 0.15) is 11.5 Å². The monoisotopic (exact) mass is 349 g/mol. The molecule has 0 saturated heterocycles. The molecular weight excluding hydrogens is 329 g/mol. The fourth-order valence-electron chi connectivity index (χ4n) is 3.34. The van der Waals surface area contributed by atoms with Crippen molar-refractivity contribution < 1.29 is 4.39 Å². The minimum absolute atomic E-state index is 0.245. The standard InChI is InChI=1S/C20H20FN5/c1-13-10-16-7-3-4-9-18(16)26(13)20-23-19(14(2)24-25-20)22-12-15-6-5-8-17(21)11-15/h3-9,11,13H,10,12H2,1-2H3,(H,22,23,25). The number of aromatic nitrogens is 3. The molecule has 1 aliphatic heterocycles. The molecule has 0 saturated carbocycles. The highest BCUT2D eigenvalue weighted by atomic mass is 19.1. The van der Waals surface area contributed by atoms with Crippen LogP contribution < -0.4 is 10.2 Å². The normalized spacial score (nSPS) is 15.8. The maximum atomic E-state index is 13.4. The van der Waals surface area contributed by atoms with Crippen LogP contribution in [0.1, 0.15) is 23.7 Å². The first-order valence-electron chi connectivity index (χ1n) is 8.68. The number of halogens is 1. The third kappa shape index (κ3) is 3.10. The Balaban J connectivity index is 1.60. The van der Waals surface area contributed by atoms with Crippen molar-refractivity contribution in [3.63, 3.8) is 0 Å². The quantitative estimate of drug-likeness (QED) is 0.771. The summed E-state index contributed by atoms with van der Waals surface area (Å²) < 4.78 is 13.4. The predicted molar refractivity (Wildman–Crippen MR) is 100 cm³/mol. The first-order chi connectivity index (χ1) is 12.6. The predicted octanol–water partition coefficient (Wildman–Crippen LogP) is 4.01. The molecule has 0 radical (unpaired) electrons. The molecule has 1 aromatic heterocycles. The van der Waals surface area contributed by atoms with Crippen molar-refractivity contribution in [2.24, 2.45) is 0 Å². The van der Waals surface area contributed by atoms with Gasteiger partial charge in [-0.2, -0.15) is 4.98 Å². The van der Waals surface area contributed by atoms with Gasteiger partial charge in [0.15, 0.2) is 5.82 Å². The van der Waals surface area contributed by atoms with Crippen molar-refractivity contribution in [1.29, 1.82) is 0 Å². The molecule has 132 valence electrons. The maximum absolute atomic E-state index is 13.4. The van der Waals surface area contributed by atoms with Crippen molar-refractivity contribution in [1.82, 2.24) is 15.2 Å². The molecule has 0 aliphatic carbocycles. The molecule has 6 heteroatoms. The highest BCUT2D eigenvalue weighted by Gasteiger charge is 2.29. The summed E-state index contributed by atoms with van der Waals surface area (Å²) in [5.41, 5.74) is 3.98. The van der Waals surface area contributed by atoms with Crippen molar-refractivity contribution in [3.05, 3.63) is 71.2 Å². The molecule has 1 unspecified atom stereocenters. The molecule has 2 heterocycles. The maximum Gasteiger partial charge on any atom is 0.252 e. The van der Waals surface area contributed by atoms with E-state index in [0.717, 1.165) is 17.7 Å². The summed E-state index contributed by atoms with van der Waals surface area (Å²) in [6, 6.07) is 15.1. The molecule has 4 rings (SSSR count). The van der Waals surface area contributed by atoms with Crippen LogP contribution >= 0.6 is 0 Å². The average molecular weight is 349 g/mol. The lowest BCUT2D eigenvalue weighted by atomic mass is 10.1. The van der Waals surface area contributed by atoms with Gasteiger partial charge in [-0.25, -0.2) is 4.39 Å². The van der Waals surface area contributed by atoms with E-state index in [2.05, 4.69) is 50.5 Å². The highest BCUT2D eigenvalue weighted by Crippen LogP contribution is 2.36. The fraction of sp³-hybridized carbons (Fsp3) is 0.250. The van der Waals surface area contributed by atoms with Gasteiger partial charge in [0.05, 0.1) is 0 Å². The lowest BCUT2D eigenvalue weighted by Crippen LogP contribution is -2.26. The van der Waals surface area contributed by atoms with Gasteiger partial charge in [-0.3, -0.25) is 0 Å². The SMILES string of the molecule is Cc1nnc(N2c3ccccc3CC2C)nc1NCc1cccc(F)c1. The number of benzene rings is 2. The summed E-state index contributed by atoms with van der Waals surface area (Å²) in [4.78, 5) is 6.81.